The Morgan fingerprint density at radius 3 is 2.82 bits per heavy atom. The molecule has 0 saturated heterocycles. The van der Waals surface area contributed by atoms with Gasteiger partial charge in [-0.15, -0.1) is 0 Å². The van der Waals surface area contributed by atoms with E-state index >= 15 is 0 Å². The third-order valence-electron chi connectivity index (χ3n) is 2.05. The topological polar surface area (TPSA) is 46.9 Å². The monoisotopic (exact) mass is 249 g/mol. The van der Waals surface area contributed by atoms with Crippen LogP contribution in [0.15, 0.2) is 12.3 Å². The Balaban J connectivity index is 2.49. The minimum absolute atomic E-state index is 0.335. The highest BCUT2D eigenvalue weighted by atomic mass is 19.4. The van der Waals surface area contributed by atoms with Crippen molar-refractivity contribution >= 4 is 5.78 Å². The molecule has 0 aliphatic rings. The molecule has 1 aromatic rings. The molecule has 0 bridgehead atoms. The molecule has 0 spiro atoms. The Hall–Kier alpha value is -1.37. The fourth-order valence-electron chi connectivity index (χ4n) is 1.37. The van der Waals surface area contributed by atoms with E-state index in [2.05, 4.69) is 10.4 Å². The molecule has 1 rings (SSSR count). The minimum atomic E-state index is -4.30. The van der Waals surface area contributed by atoms with E-state index in [1.807, 2.05) is 6.92 Å². The predicted octanol–water partition coefficient (Wildman–Crippen LogP) is 1.63. The van der Waals surface area contributed by atoms with Crippen molar-refractivity contribution in [3.8, 4) is 0 Å². The number of nitrogens with zero attached hydrogens (tertiary/aromatic N) is 2. The van der Waals surface area contributed by atoms with Crippen LogP contribution in [0.5, 0.6) is 0 Å². The van der Waals surface area contributed by atoms with E-state index in [0.29, 0.717) is 12.2 Å². The van der Waals surface area contributed by atoms with Crippen LogP contribution in [-0.4, -0.2) is 34.8 Å². The molecule has 0 aliphatic carbocycles. The van der Waals surface area contributed by atoms with Gasteiger partial charge in [-0.3, -0.25) is 9.48 Å². The van der Waals surface area contributed by atoms with Crippen LogP contribution in [0.2, 0.25) is 0 Å². The van der Waals surface area contributed by atoms with E-state index in [-0.39, 0.29) is 12.3 Å². The Kier molecular flexibility index (Phi) is 4.68. The molecule has 96 valence electrons. The second-order valence-corrected chi connectivity index (χ2v) is 3.58. The lowest BCUT2D eigenvalue weighted by Gasteiger charge is -2.08. The Labute approximate surface area is 96.8 Å². The number of ketones is 1. The smallest absolute Gasteiger partial charge is 0.301 e. The van der Waals surface area contributed by atoms with Gasteiger partial charge in [0.15, 0.2) is 5.78 Å². The fourth-order valence-corrected chi connectivity index (χ4v) is 1.37. The number of aryl methyl sites for hydroxylation is 1. The van der Waals surface area contributed by atoms with Crippen LogP contribution in [0.4, 0.5) is 13.2 Å². The summed E-state index contributed by atoms with van der Waals surface area (Å²) >= 11 is 0. The van der Waals surface area contributed by atoms with Gasteiger partial charge in [-0.1, -0.05) is 6.92 Å². The maximum absolute atomic E-state index is 11.9. The van der Waals surface area contributed by atoms with Crippen molar-refractivity contribution in [3.05, 3.63) is 18.0 Å². The molecule has 1 N–H and O–H groups in total. The SMILES string of the molecule is CCCn1nccc1C(=O)CNCC(F)(F)F. The third-order valence-corrected chi connectivity index (χ3v) is 2.05. The summed E-state index contributed by atoms with van der Waals surface area (Å²) in [5.74, 6) is -0.389. The Morgan fingerprint density at radius 2 is 2.24 bits per heavy atom. The van der Waals surface area contributed by atoms with Crippen molar-refractivity contribution < 1.29 is 18.0 Å². The summed E-state index contributed by atoms with van der Waals surface area (Å²) in [5.41, 5.74) is 0.335. The van der Waals surface area contributed by atoms with Crippen molar-refractivity contribution in [1.29, 1.82) is 0 Å². The van der Waals surface area contributed by atoms with E-state index in [1.165, 1.54) is 16.9 Å². The first-order chi connectivity index (χ1) is 7.94. The maximum atomic E-state index is 11.9. The lowest BCUT2D eigenvalue weighted by molar-refractivity contribution is -0.124. The van der Waals surface area contributed by atoms with Gasteiger partial charge in [-0.05, 0) is 12.5 Å². The summed E-state index contributed by atoms with van der Waals surface area (Å²) in [6.45, 7) is 1.00. The second-order valence-electron chi connectivity index (χ2n) is 3.58. The molecule has 7 heteroatoms. The first-order valence-electron chi connectivity index (χ1n) is 5.26. The maximum Gasteiger partial charge on any atom is 0.401 e. The minimum Gasteiger partial charge on any atom is -0.301 e. The lowest BCUT2D eigenvalue weighted by atomic mass is 10.2. The van der Waals surface area contributed by atoms with Gasteiger partial charge in [0.05, 0.1) is 13.1 Å². The summed E-state index contributed by atoms with van der Waals surface area (Å²) in [6, 6.07) is 1.51. The molecule has 17 heavy (non-hydrogen) atoms. The van der Waals surface area contributed by atoms with Crippen LogP contribution in [0.1, 0.15) is 23.8 Å². The van der Waals surface area contributed by atoms with Crippen LogP contribution >= 0.6 is 0 Å². The molecular formula is C10H14F3N3O. The number of halogens is 3. The van der Waals surface area contributed by atoms with E-state index in [1.54, 1.807) is 0 Å². The molecule has 0 unspecified atom stereocenters. The second kappa shape index (κ2) is 5.81. The number of Topliss-reactive ketones (excluding diaryl/α,β-unsaturated/α-hetero) is 1. The van der Waals surface area contributed by atoms with Crippen LogP contribution in [-0.2, 0) is 6.54 Å². The van der Waals surface area contributed by atoms with E-state index in [0.717, 1.165) is 6.42 Å². The number of carbonyl (C=O) groups is 1. The van der Waals surface area contributed by atoms with Crippen LogP contribution in [0, 0.1) is 0 Å². The van der Waals surface area contributed by atoms with Gasteiger partial charge in [-0.2, -0.15) is 18.3 Å². The molecule has 0 radical (unpaired) electrons. The summed E-state index contributed by atoms with van der Waals surface area (Å²) in [7, 11) is 0. The third kappa shape index (κ3) is 4.56. The van der Waals surface area contributed by atoms with Crippen molar-refractivity contribution in [1.82, 2.24) is 15.1 Å². The van der Waals surface area contributed by atoms with Crippen LogP contribution < -0.4 is 5.32 Å². The Bertz CT molecular complexity index is 373. The van der Waals surface area contributed by atoms with Crippen LogP contribution in [0.3, 0.4) is 0 Å². The van der Waals surface area contributed by atoms with Crippen molar-refractivity contribution in [3.63, 3.8) is 0 Å². The number of rotatable bonds is 6. The zero-order chi connectivity index (χ0) is 12.9. The summed E-state index contributed by atoms with van der Waals surface area (Å²) in [4.78, 5) is 11.6. The largest absolute Gasteiger partial charge is 0.401 e. The molecule has 0 aliphatic heterocycles. The number of nitrogens with one attached hydrogen (secondary N) is 1. The first kappa shape index (κ1) is 13.7. The summed E-state index contributed by atoms with van der Waals surface area (Å²) in [6.07, 6.45) is -2.03. The van der Waals surface area contributed by atoms with E-state index in [9.17, 15) is 18.0 Å². The molecule has 0 fully saturated rings. The van der Waals surface area contributed by atoms with Crippen molar-refractivity contribution in [2.24, 2.45) is 0 Å². The summed E-state index contributed by atoms with van der Waals surface area (Å²) < 4.78 is 37.1. The van der Waals surface area contributed by atoms with Gasteiger partial charge in [-0.25, -0.2) is 0 Å². The highest BCUT2D eigenvalue weighted by Crippen LogP contribution is 2.12. The van der Waals surface area contributed by atoms with Crippen LogP contribution in [0.25, 0.3) is 0 Å². The van der Waals surface area contributed by atoms with Gasteiger partial charge < -0.3 is 5.32 Å². The average molecular weight is 249 g/mol. The van der Waals surface area contributed by atoms with Crippen molar-refractivity contribution in [2.75, 3.05) is 13.1 Å². The number of aromatic nitrogens is 2. The van der Waals surface area contributed by atoms with Crippen molar-refractivity contribution in [2.45, 2.75) is 26.1 Å². The first-order valence-corrected chi connectivity index (χ1v) is 5.26. The molecule has 0 aromatic carbocycles. The van der Waals surface area contributed by atoms with Gasteiger partial charge in [0, 0.05) is 12.7 Å². The number of alkyl halides is 3. The molecular weight excluding hydrogens is 235 g/mol. The van der Waals surface area contributed by atoms with Gasteiger partial charge in [0.1, 0.15) is 5.69 Å². The average Bonchev–Trinajstić information content (AvgIpc) is 2.64. The fraction of sp³-hybridized carbons (Fsp3) is 0.600. The molecule has 1 aromatic heterocycles. The van der Waals surface area contributed by atoms with Gasteiger partial charge in [0.2, 0.25) is 0 Å². The molecule has 0 amide bonds. The molecule has 4 nitrogen and oxygen atoms in total. The van der Waals surface area contributed by atoms with E-state index in [4.69, 9.17) is 0 Å². The van der Waals surface area contributed by atoms with Gasteiger partial charge in [0.25, 0.3) is 0 Å². The number of carbonyl (C=O) groups excluding carboxylic acids is 1. The normalized spacial score (nSPS) is 11.8. The highest BCUT2D eigenvalue weighted by Gasteiger charge is 2.26. The summed E-state index contributed by atoms with van der Waals surface area (Å²) in [5, 5.41) is 6.00. The lowest BCUT2D eigenvalue weighted by Crippen LogP contribution is -2.33. The molecule has 1 heterocycles. The quantitative estimate of drug-likeness (QED) is 0.779. The number of hydrogen-bond donors (Lipinski definition) is 1. The number of hydrogen-bond acceptors (Lipinski definition) is 3. The zero-order valence-electron chi connectivity index (χ0n) is 9.42. The highest BCUT2D eigenvalue weighted by molar-refractivity contribution is 5.96. The van der Waals surface area contributed by atoms with E-state index < -0.39 is 12.7 Å². The standard InChI is InChI=1S/C10H14F3N3O/c1-2-5-16-8(3-4-15-16)9(17)6-14-7-10(11,12)13/h3-4,14H,2,5-7H2,1H3. The molecule has 0 saturated carbocycles. The Morgan fingerprint density at radius 1 is 1.53 bits per heavy atom. The van der Waals surface area contributed by atoms with Gasteiger partial charge >= 0.3 is 6.18 Å². The zero-order valence-corrected chi connectivity index (χ0v) is 9.42. The molecule has 0 atom stereocenters. The predicted molar refractivity (Wildman–Crippen MR) is 55.8 cm³/mol.